The summed E-state index contributed by atoms with van der Waals surface area (Å²) in [6.45, 7) is 1.86. The van der Waals surface area contributed by atoms with Crippen LogP contribution in [0.3, 0.4) is 0 Å². The summed E-state index contributed by atoms with van der Waals surface area (Å²) in [5.41, 5.74) is 0.748. The first-order chi connectivity index (χ1) is 6.66. The molecular weight excluding hydrogens is 202 g/mol. The van der Waals surface area contributed by atoms with Gasteiger partial charge in [-0.1, -0.05) is 5.21 Å². The number of nitrogens with zero attached hydrogens (tertiary/aromatic N) is 5. The van der Waals surface area contributed by atoms with Gasteiger partial charge in [0, 0.05) is 19.3 Å². The maximum Gasteiger partial charge on any atom is 0.176 e. The third kappa shape index (κ3) is 1.63. The van der Waals surface area contributed by atoms with Crippen molar-refractivity contribution in [1.82, 2.24) is 24.8 Å². The molecule has 2 heterocycles. The Kier molecular flexibility index (Phi) is 2.25. The molecule has 5 nitrogen and oxygen atoms in total. The highest BCUT2D eigenvalue weighted by molar-refractivity contribution is 6.20. The zero-order chi connectivity index (χ0) is 10.1. The number of hydrogen-bond acceptors (Lipinski definition) is 3. The zero-order valence-electron chi connectivity index (χ0n) is 7.92. The highest BCUT2D eigenvalue weighted by Gasteiger charge is 2.08. The van der Waals surface area contributed by atoms with Crippen molar-refractivity contribution in [2.24, 2.45) is 7.05 Å². The first kappa shape index (κ1) is 9.21. The fourth-order valence-electron chi connectivity index (χ4n) is 1.10. The van der Waals surface area contributed by atoms with Gasteiger partial charge < -0.3 is 0 Å². The molecule has 0 saturated carbocycles. The summed E-state index contributed by atoms with van der Waals surface area (Å²) in [5, 5.41) is 11.9. The van der Waals surface area contributed by atoms with Crippen molar-refractivity contribution in [3.05, 3.63) is 24.2 Å². The topological polar surface area (TPSA) is 48.5 Å². The Balaban J connectivity index is 2.33. The quantitative estimate of drug-likeness (QED) is 0.704. The van der Waals surface area contributed by atoms with Crippen LogP contribution in [0.4, 0.5) is 0 Å². The van der Waals surface area contributed by atoms with E-state index in [0.29, 0.717) is 0 Å². The second-order valence-corrected chi connectivity index (χ2v) is 3.71. The van der Waals surface area contributed by atoms with E-state index in [9.17, 15) is 0 Å². The van der Waals surface area contributed by atoms with Crippen molar-refractivity contribution in [2.75, 3.05) is 0 Å². The fourth-order valence-corrected chi connectivity index (χ4v) is 1.20. The Bertz CT molecular complexity index is 430. The average molecular weight is 212 g/mol. The van der Waals surface area contributed by atoms with Gasteiger partial charge in [-0.2, -0.15) is 5.10 Å². The highest BCUT2D eigenvalue weighted by atomic mass is 35.5. The molecule has 0 bridgehead atoms. The van der Waals surface area contributed by atoms with Crippen LogP contribution < -0.4 is 0 Å². The number of aromatic nitrogens is 5. The van der Waals surface area contributed by atoms with Gasteiger partial charge in [0.1, 0.15) is 5.69 Å². The summed E-state index contributed by atoms with van der Waals surface area (Å²) >= 11 is 5.87. The van der Waals surface area contributed by atoms with Crippen LogP contribution in [0, 0.1) is 0 Å². The smallest absolute Gasteiger partial charge is 0.176 e. The summed E-state index contributed by atoms with van der Waals surface area (Å²) in [6.07, 6.45) is 3.63. The van der Waals surface area contributed by atoms with Crippen molar-refractivity contribution < 1.29 is 0 Å². The van der Waals surface area contributed by atoms with Gasteiger partial charge in [-0.25, -0.2) is 4.68 Å². The maximum absolute atomic E-state index is 5.87. The van der Waals surface area contributed by atoms with Gasteiger partial charge in [-0.15, -0.1) is 16.7 Å². The van der Waals surface area contributed by atoms with E-state index in [-0.39, 0.29) is 5.38 Å². The van der Waals surface area contributed by atoms with Gasteiger partial charge in [-0.05, 0) is 6.92 Å². The van der Waals surface area contributed by atoms with Crippen LogP contribution in [0.2, 0.25) is 0 Å². The minimum atomic E-state index is -0.132. The zero-order valence-corrected chi connectivity index (χ0v) is 8.68. The maximum atomic E-state index is 5.87. The van der Waals surface area contributed by atoms with E-state index in [1.54, 1.807) is 15.6 Å². The standard InChI is InChI=1S/C8H10ClN5/c1-6(9)7-5-14(12-10-7)8-3-4-13(2)11-8/h3-6H,1-2H3. The van der Waals surface area contributed by atoms with Gasteiger partial charge in [0.2, 0.25) is 0 Å². The van der Waals surface area contributed by atoms with Crippen LogP contribution in [0.1, 0.15) is 18.0 Å². The molecule has 1 unspecified atom stereocenters. The summed E-state index contributed by atoms with van der Waals surface area (Å²) in [5.74, 6) is 0.739. The Morgan fingerprint density at radius 1 is 1.50 bits per heavy atom. The number of alkyl halides is 1. The van der Waals surface area contributed by atoms with E-state index in [1.165, 1.54) is 0 Å². The number of aryl methyl sites for hydroxylation is 1. The second kappa shape index (κ2) is 3.42. The van der Waals surface area contributed by atoms with E-state index in [4.69, 9.17) is 11.6 Å². The molecule has 0 N–H and O–H groups in total. The van der Waals surface area contributed by atoms with Crippen molar-refractivity contribution in [1.29, 1.82) is 0 Å². The molecule has 74 valence electrons. The van der Waals surface area contributed by atoms with Crippen LogP contribution in [-0.2, 0) is 7.05 Å². The molecule has 0 spiro atoms. The Morgan fingerprint density at radius 3 is 2.79 bits per heavy atom. The van der Waals surface area contributed by atoms with E-state index in [1.807, 2.05) is 26.2 Å². The molecule has 2 aromatic heterocycles. The molecule has 1 atom stereocenters. The normalized spacial score (nSPS) is 13.1. The predicted molar refractivity (Wildman–Crippen MR) is 52.4 cm³/mol. The van der Waals surface area contributed by atoms with Crippen molar-refractivity contribution in [2.45, 2.75) is 12.3 Å². The van der Waals surface area contributed by atoms with Crippen LogP contribution in [-0.4, -0.2) is 24.8 Å². The molecule has 0 radical (unpaired) electrons. The number of halogens is 1. The molecule has 14 heavy (non-hydrogen) atoms. The molecule has 0 aliphatic carbocycles. The average Bonchev–Trinajstić information content (AvgIpc) is 2.70. The molecule has 0 aliphatic heterocycles. The molecule has 0 saturated heterocycles. The van der Waals surface area contributed by atoms with Gasteiger partial charge in [0.05, 0.1) is 11.6 Å². The van der Waals surface area contributed by atoms with Crippen LogP contribution in [0.5, 0.6) is 0 Å². The molecule has 6 heteroatoms. The molecule has 0 aliphatic rings. The minimum absolute atomic E-state index is 0.132. The lowest BCUT2D eigenvalue weighted by atomic mass is 10.4. The van der Waals surface area contributed by atoms with Crippen molar-refractivity contribution in [3.63, 3.8) is 0 Å². The van der Waals surface area contributed by atoms with Gasteiger partial charge in [0.25, 0.3) is 0 Å². The minimum Gasteiger partial charge on any atom is -0.274 e. The summed E-state index contributed by atoms with van der Waals surface area (Å²) in [6, 6.07) is 1.86. The highest BCUT2D eigenvalue weighted by Crippen LogP contribution is 2.16. The molecular formula is C8H10ClN5. The predicted octanol–water partition coefficient (Wildman–Crippen LogP) is 1.30. The van der Waals surface area contributed by atoms with E-state index < -0.39 is 0 Å². The summed E-state index contributed by atoms with van der Waals surface area (Å²) in [7, 11) is 1.85. The van der Waals surface area contributed by atoms with E-state index in [2.05, 4.69) is 15.4 Å². The summed E-state index contributed by atoms with van der Waals surface area (Å²) in [4.78, 5) is 0. The van der Waals surface area contributed by atoms with Crippen LogP contribution >= 0.6 is 11.6 Å². The molecule has 0 amide bonds. The Hall–Kier alpha value is -1.36. The van der Waals surface area contributed by atoms with Gasteiger partial charge >= 0.3 is 0 Å². The third-order valence-electron chi connectivity index (χ3n) is 1.85. The summed E-state index contributed by atoms with van der Waals surface area (Å²) < 4.78 is 3.31. The Labute approximate surface area is 86.3 Å². The number of hydrogen-bond donors (Lipinski definition) is 0. The lowest BCUT2D eigenvalue weighted by Crippen LogP contribution is -1.97. The SMILES string of the molecule is CC(Cl)c1cn(-c2ccn(C)n2)nn1. The van der Waals surface area contributed by atoms with Crippen molar-refractivity contribution >= 4 is 11.6 Å². The lowest BCUT2D eigenvalue weighted by molar-refractivity contribution is 0.714. The second-order valence-electron chi connectivity index (χ2n) is 3.05. The first-order valence-electron chi connectivity index (χ1n) is 4.23. The molecule has 2 rings (SSSR count). The molecule has 0 fully saturated rings. The van der Waals surface area contributed by atoms with E-state index >= 15 is 0 Å². The fraction of sp³-hybridized carbons (Fsp3) is 0.375. The van der Waals surface area contributed by atoms with Gasteiger partial charge in [-0.3, -0.25) is 4.68 Å². The molecule has 0 aromatic carbocycles. The third-order valence-corrected chi connectivity index (χ3v) is 2.08. The Morgan fingerprint density at radius 2 is 2.29 bits per heavy atom. The molecule has 2 aromatic rings. The van der Waals surface area contributed by atoms with Gasteiger partial charge in [0.15, 0.2) is 5.82 Å². The van der Waals surface area contributed by atoms with Crippen LogP contribution in [0.15, 0.2) is 18.5 Å². The van der Waals surface area contributed by atoms with Crippen molar-refractivity contribution in [3.8, 4) is 5.82 Å². The van der Waals surface area contributed by atoms with Crippen LogP contribution in [0.25, 0.3) is 5.82 Å². The monoisotopic (exact) mass is 211 g/mol. The first-order valence-corrected chi connectivity index (χ1v) is 4.67. The largest absolute Gasteiger partial charge is 0.274 e. The lowest BCUT2D eigenvalue weighted by Gasteiger charge is -1.93. The number of rotatable bonds is 2. The van der Waals surface area contributed by atoms with E-state index in [0.717, 1.165) is 11.5 Å².